The Morgan fingerprint density at radius 1 is 0.480 bits per heavy atom. The molecule has 0 radical (unpaired) electrons. The van der Waals surface area contributed by atoms with E-state index in [0.29, 0.717) is 35.0 Å². The van der Waals surface area contributed by atoms with Gasteiger partial charge in [0.2, 0.25) is 0 Å². The van der Waals surface area contributed by atoms with Gasteiger partial charge < -0.3 is 15.3 Å². The number of hydrogen-bond acceptors (Lipinski definition) is 3. The number of rotatable bonds is 9. The van der Waals surface area contributed by atoms with Crippen LogP contribution in [0, 0.1) is 0 Å². The van der Waals surface area contributed by atoms with Crippen molar-refractivity contribution in [2.24, 2.45) is 0 Å². The molecule has 4 aromatic rings. The molecule has 3 fully saturated rings. The molecule has 1 atom stereocenters. The van der Waals surface area contributed by atoms with E-state index in [2.05, 4.69) is 74.5 Å². The van der Waals surface area contributed by atoms with Crippen molar-refractivity contribution in [3.05, 3.63) is 123 Å². The van der Waals surface area contributed by atoms with Crippen LogP contribution in [0.5, 0.6) is 17.2 Å². The van der Waals surface area contributed by atoms with Gasteiger partial charge in [0.25, 0.3) is 0 Å². The first-order valence-electron chi connectivity index (χ1n) is 19.9. The third-order valence-electron chi connectivity index (χ3n) is 12.9. The lowest BCUT2D eigenvalue weighted by Crippen LogP contribution is -2.20. The minimum Gasteiger partial charge on any atom is -0.508 e. The van der Waals surface area contributed by atoms with E-state index in [4.69, 9.17) is 0 Å². The Balaban J connectivity index is 1.22. The topological polar surface area (TPSA) is 60.7 Å². The maximum atomic E-state index is 11.1. The fourth-order valence-electron chi connectivity index (χ4n) is 9.65. The lowest BCUT2D eigenvalue weighted by molar-refractivity contribution is 0.413. The summed E-state index contributed by atoms with van der Waals surface area (Å²) in [5.74, 6) is 2.74. The largest absolute Gasteiger partial charge is 0.508 e. The van der Waals surface area contributed by atoms with E-state index in [0.717, 1.165) is 61.6 Å². The highest BCUT2D eigenvalue weighted by atomic mass is 16.3. The van der Waals surface area contributed by atoms with Crippen molar-refractivity contribution >= 4 is 0 Å². The Kier molecular flexibility index (Phi) is 10.6. The van der Waals surface area contributed by atoms with Crippen molar-refractivity contribution in [2.45, 2.75) is 146 Å². The van der Waals surface area contributed by atoms with Crippen molar-refractivity contribution in [1.82, 2.24) is 0 Å². The average Bonchev–Trinajstić information content (AvgIpc) is 3.16. The maximum absolute atomic E-state index is 11.1. The molecule has 3 nitrogen and oxygen atoms in total. The molecular formula is C47H58O3. The lowest BCUT2D eigenvalue weighted by Gasteiger charge is -2.30. The number of phenols is 3. The molecule has 0 amide bonds. The van der Waals surface area contributed by atoms with Gasteiger partial charge in [0.05, 0.1) is 0 Å². The Hall–Kier alpha value is -3.72. The quantitative estimate of drug-likeness (QED) is 0.166. The van der Waals surface area contributed by atoms with Gasteiger partial charge in [0.1, 0.15) is 17.2 Å². The summed E-state index contributed by atoms with van der Waals surface area (Å²) in [6.45, 7) is 4.60. The fourth-order valence-corrected chi connectivity index (χ4v) is 9.65. The van der Waals surface area contributed by atoms with E-state index in [1.165, 1.54) is 85.6 Å². The molecule has 0 aromatic heterocycles. The molecule has 3 aliphatic carbocycles. The predicted octanol–water partition coefficient (Wildman–Crippen LogP) is 12.6. The van der Waals surface area contributed by atoms with E-state index in [9.17, 15) is 15.3 Å². The molecule has 0 heterocycles. The van der Waals surface area contributed by atoms with E-state index >= 15 is 0 Å². The first-order valence-corrected chi connectivity index (χ1v) is 19.9. The number of phenolic OH excluding ortho intramolecular Hbond substituents is 3. The summed E-state index contributed by atoms with van der Waals surface area (Å²) in [6.07, 6.45) is 19.1. The van der Waals surface area contributed by atoms with Crippen LogP contribution in [0.4, 0.5) is 0 Å². The van der Waals surface area contributed by atoms with Gasteiger partial charge in [-0.25, -0.2) is 0 Å². The molecule has 0 saturated heterocycles. The summed E-state index contributed by atoms with van der Waals surface area (Å²) >= 11 is 0. The van der Waals surface area contributed by atoms with Crippen LogP contribution >= 0.6 is 0 Å². The lowest BCUT2D eigenvalue weighted by atomic mass is 9.74. The van der Waals surface area contributed by atoms with E-state index in [1.54, 1.807) is 0 Å². The SMILES string of the molecule is CC(C)(c1ccc(C(Cc2ccc(O)c(C3CCCCC3)c2)c2ccc(O)c(C3CCCCC3)c2)cc1)c1ccc(O)c(C2CCCCC2)c1. The first kappa shape index (κ1) is 34.7. The highest BCUT2D eigenvalue weighted by Crippen LogP contribution is 2.44. The number of aromatic hydroxyl groups is 3. The van der Waals surface area contributed by atoms with Gasteiger partial charge in [-0.2, -0.15) is 0 Å². The molecule has 0 aliphatic heterocycles. The van der Waals surface area contributed by atoms with Crippen LogP contribution in [0.25, 0.3) is 0 Å². The second-order valence-electron chi connectivity index (χ2n) is 16.5. The monoisotopic (exact) mass is 670 g/mol. The Labute approximate surface area is 300 Å². The third kappa shape index (κ3) is 7.48. The van der Waals surface area contributed by atoms with Gasteiger partial charge in [-0.1, -0.05) is 132 Å². The molecule has 4 aromatic carbocycles. The Morgan fingerprint density at radius 3 is 1.44 bits per heavy atom. The average molecular weight is 671 g/mol. The summed E-state index contributed by atoms with van der Waals surface area (Å²) in [4.78, 5) is 0. The second-order valence-corrected chi connectivity index (χ2v) is 16.5. The van der Waals surface area contributed by atoms with E-state index in [-0.39, 0.29) is 11.3 Å². The third-order valence-corrected chi connectivity index (χ3v) is 12.9. The van der Waals surface area contributed by atoms with Crippen molar-refractivity contribution < 1.29 is 15.3 Å². The standard InChI is InChI=1S/C47H58O3/c1-47(2,39-24-27-46(50)43(31-39)35-16-10-5-11-17-35)38-22-19-36(20-23-38)40(37-21-26-45(49)42(30-37)34-14-8-4-9-15-34)28-32-18-25-44(48)41(29-32)33-12-6-3-7-13-33/h18-27,29-31,33-35,40,48-50H,3-17,28H2,1-2H3. The fraction of sp³-hybridized carbons (Fsp3) is 0.489. The molecule has 0 bridgehead atoms. The molecule has 3 aliphatic rings. The summed E-state index contributed by atoms with van der Waals surface area (Å²) in [6, 6.07) is 28.2. The number of hydrogen-bond donors (Lipinski definition) is 3. The molecule has 7 rings (SSSR count). The minimum atomic E-state index is -0.219. The molecule has 264 valence electrons. The molecule has 3 N–H and O–H groups in total. The van der Waals surface area contributed by atoms with Crippen molar-refractivity contribution in [3.63, 3.8) is 0 Å². The van der Waals surface area contributed by atoms with Gasteiger partial charge in [-0.3, -0.25) is 0 Å². The van der Waals surface area contributed by atoms with Crippen LogP contribution in [-0.2, 0) is 11.8 Å². The van der Waals surface area contributed by atoms with E-state index < -0.39 is 0 Å². The molecule has 1 unspecified atom stereocenters. The number of benzene rings is 4. The minimum absolute atomic E-state index is 0.116. The highest BCUT2D eigenvalue weighted by Gasteiger charge is 2.28. The van der Waals surface area contributed by atoms with Gasteiger partial charge >= 0.3 is 0 Å². The molecule has 3 heteroatoms. The van der Waals surface area contributed by atoms with Gasteiger partial charge in [0, 0.05) is 11.3 Å². The smallest absolute Gasteiger partial charge is 0.119 e. The van der Waals surface area contributed by atoms with Crippen LogP contribution in [0.3, 0.4) is 0 Å². The van der Waals surface area contributed by atoms with E-state index in [1.807, 2.05) is 18.2 Å². The summed E-state index contributed by atoms with van der Waals surface area (Å²) in [5.41, 5.74) is 9.41. The van der Waals surface area contributed by atoms with Crippen LogP contribution in [0.1, 0.15) is 178 Å². The zero-order valence-electron chi connectivity index (χ0n) is 30.5. The predicted molar refractivity (Wildman–Crippen MR) is 206 cm³/mol. The second kappa shape index (κ2) is 15.3. The zero-order chi connectivity index (χ0) is 34.7. The Bertz CT molecular complexity index is 1730. The first-order chi connectivity index (χ1) is 24.3. The van der Waals surface area contributed by atoms with Crippen LogP contribution in [-0.4, -0.2) is 15.3 Å². The van der Waals surface area contributed by atoms with Crippen molar-refractivity contribution in [2.75, 3.05) is 0 Å². The van der Waals surface area contributed by atoms with Crippen molar-refractivity contribution in [1.29, 1.82) is 0 Å². The van der Waals surface area contributed by atoms with Gasteiger partial charge in [0.15, 0.2) is 0 Å². The van der Waals surface area contributed by atoms with Crippen molar-refractivity contribution in [3.8, 4) is 17.2 Å². The zero-order valence-corrected chi connectivity index (χ0v) is 30.5. The van der Waals surface area contributed by atoms with Crippen LogP contribution in [0.2, 0.25) is 0 Å². The summed E-state index contributed by atoms with van der Waals surface area (Å²) in [7, 11) is 0. The molecule has 0 spiro atoms. The molecular weight excluding hydrogens is 613 g/mol. The van der Waals surface area contributed by atoms with Gasteiger partial charge in [-0.05, 0) is 125 Å². The Morgan fingerprint density at radius 2 is 0.900 bits per heavy atom. The van der Waals surface area contributed by atoms with Gasteiger partial charge in [-0.15, -0.1) is 0 Å². The summed E-state index contributed by atoms with van der Waals surface area (Å²) in [5, 5.41) is 32.8. The van der Waals surface area contributed by atoms with Crippen LogP contribution < -0.4 is 0 Å². The highest BCUT2D eigenvalue weighted by molar-refractivity contribution is 5.49. The molecule has 50 heavy (non-hydrogen) atoms. The summed E-state index contributed by atoms with van der Waals surface area (Å²) < 4.78 is 0. The maximum Gasteiger partial charge on any atom is 0.119 e. The normalized spacial score (nSPS) is 19.0. The van der Waals surface area contributed by atoms with Crippen LogP contribution in [0.15, 0.2) is 78.9 Å². The molecule has 3 saturated carbocycles.